The van der Waals surface area contributed by atoms with E-state index in [4.69, 9.17) is 15.9 Å². The molecule has 0 saturated heterocycles. The van der Waals surface area contributed by atoms with Crippen molar-refractivity contribution in [1.29, 1.82) is 0 Å². The van der Waals surface area contributed by atoms with Gasteiger partial charge in [0.25, 0.3) is 0 Å². The Morgan fingerprint density at radius 3 is 1.59 bits per heavy atom. The Balaban J connectivity index is 0. The quantitative estimate of drug-likeness (QED) is 0.617. The van der Waals surface area contributed by atoms with E-state index in [1.807, 2.05) is 0 Å². The highest BCUT2D eigenvalue weighted by Crippen LogP contribution is 2.00. The van der Waals surface area contributed by atoms with Crippen LogP contribution in [0.25, 0.3) is 0 Å². The smallest absolute Gasteiger partial charge is 0.372 e. The summed E-state index contributed by atoms with van der Waals surface area (Å²) in [4.78, 5) is 30.4. The van der Waals surface area contributed by atoms with Crippen LogP contribution in [0.3, 0.4) is 0 Å². The van der Waals surface area contributed by atoms with Crippen LogP contribution in [-0.4, -0.2) is 34.0 Å². The molecule has 0 aliphatic rings. The number of carboxylic acid groups (broad SMARTS) is 2. The van der Waals surface area contributed by atoms with E-state index in [1.165, 1.54) is 0 Å². The molecule has 0 aromatic heterocycles. The third-order valence-electron chi connectivity index (χ3n) is 2.27. The van der Waals surface area contributed by atoms with E-state index < -0.39 is 23.8 Å². The van der Waals surface area contributed by atoms with Crippen LogP contribution in [0.5, 0.6) is 0 Å². The summed E-state index contributed by atoms with van der Waals surface area (Å²) in [6.07, 6.45) is 0.588. The van der Waals surface area contributed by atoms with Gasteiger partial charge in [-0.25, -0.2) is 4.79 Å². The first-order valence-corrected chi connectivity index (χ1v) is 5.40. The van der Waals surface area contributed by atoms with E-state index in [0.29, 0.717) is 6.42 Å². The first-order valence-electron chi connectivity index (χ1n) is 5.40. The number of hydrogen-bond donors (Lipinski definition) is 3. The van der Waals surface area contributed by atoms with Crippen molar-refractivity contribution < 1.29 is 24.6 Å². The van der Waals surface area contributed by atoms with Gasteiger partial charge in [-0.3, -0.25) is 9.59 Å². The molecule has 0 heterocycles. The van der Waals surface area contributed by atoms with Crippen molar-refractivity contribution in [2.75, 3.05) is 0 Å². The maximum Gasteiger partial charge on any atom is 0.372 e. The SMILES string of the molecule is CC(C)[C@H](N)C(=O)O.CCC(C)C(=O)C(=O)O. The number of carboxylic acids is 2. The zero-order valence-electron chi connectivity index (χ0n) is 10.6. The summed E-state index contributed by atoms with van der Waals surface area (Å²) in [5.41, 5.74) is 5.16. The van der Waals surface area contributed by atoms with Gasteiger partial charge in [0.15, 0.2) is 0 Å². The van der Waals surface area contributed by atoms with Crippen molar-refractivity contribution >= 4 is 17.7 Å². The molecule has 0 saturated carbocycles. The molecule has 0 amide bonds. The predicted molar refractivity (Wildman–Crippen MR) is 62.5 cm³/mol. The van der Waals surface area contributed by atoms with Crippen molar-refractivity contribution in [3.63, 3.8) is 0 Å². The van der Waals surface area contributed by atoms with Crippen molar-refractivity contribution in [2.45, 2.75) is 40.2 Å². The van der Waals surface area contributed by atoms with E-state index in [-0.39, 0.29) is 11.8 Å². The van der Waals surface area contributed by atoms with Gasteiger partial charge in [-0.15, -0.1) is 0 Å². The van der Waals surface area contributed by atoms with Gasteiger partial charge < -0.3 is 15.9 Å². The number of Topliss-reactive ketones (excluding diaryl/α,β-unsaturated/α-hetero) is 1. The van der Waals surface area contributed by atoms with Crippen LogP contribution in [0, 0.1) is 11.8 Å². The summed E-state index contributed by atoms with van der Waals surface area (Å²) in [5, 5.41) is 16.4. The fraction of sp³-hybridized carbons (Fsp3) is 0.727. The van der Waals surface area contributed by atoms with Crippen LogP contribution in [0.15, 0.2) is 0 Å². The van der Waals surface area contributed by atoms with E-state index in [0.717, 1.165) is 0 Å². The minimum Gasteiger partial charge on any atom is -0.480 e. The van der Waals surface area contributed by atoms with Gasteiger partial charge >= 0.3 is 11.9 Å². The number of ketones is 1. The maximum atomic E-state index is 10.5. The molecule has 0 fully saturated rings. The fourth-order valence-corrected chi connectivity index (χ4v) is 0.681. The van der Waals surface area contributed by atoms with Gasteiger partial charge in [0, 0.05) is 5.92 Å². The van der Waals surface area contributed by atoms with Gasteiger partial charge in [0.05, 0.1) is 0 Å². The van der Waals surface area contributed by atoms with Gasteiger partial charge in [-0.05, 0) is 12.3 Å². The van der Waals surface area contributed by atoms with Crippen molar-refractivity contribution in [2.24, 2.45) is 17.6 Å². The normalized spacial score (nSPS) is 13.3. The highest BCUT2D eigenvalue weighted by molar-refractivity contribution is 6.33. The molecule has 0 rings (SSSR count). The Morgan fingerprint density at radius 2 is 1.53 bits per heavy atom. The lowest BCUT2D eigenvalue weighted by atomic mass is 10.0. The first kappa shape index (κ1) is 17.9. The lowest BCUT2D eigenvalue weighted by molar-refractivity contribution is -0.150. The van der Waals surface area contributed by atoms with E-state index >= 15 is 0 Å². The third kappa shape index (κ3) is 8.38. The molecule has 17 heavy (non-hydrogen) atoms. The Kier molecular flexibility index (Phi) is 9.18. The summed E-state index contributed by atoms with van der Waals surface area (Å²) in [7, 11) is 0. The molecular weight excluding hydrogens is 226 g/mol. The van der Waals surface area contributed by atoms with Gasteiger partial charge in [-0.1, -0.05) is 27.7 Å². The summed E-state index contributed by atoms with van der Waals surface area (Å²) < 4.78 is 0. The zero-order valence-corrected chi connectivity index (χ0v) is 10.6. The van der Waals surface area contributed by atoms with Gasteiger partial charge in [0.2, 0.25) is 5.78 Å². The molecule has 0 spiro atoms. The predicted octanol–water partition coefficient (Wildman–Crippen LogP) is 0.741. The molecule has 6 nitrogen and oxygen atoms in total. The number of carbonyl (C=O) groups excluding carboxylic acids is 1. The molecule has 4 N–H and O–H groups in total. The second kappa shape index (κ2) is 8.69. The van der Waals surface area contributed by atoms with Crippen LogP contribution in [-0.2, 0) is 14.4 Å². The zero-order chi connectivity index (χ0) is 14.2. The molecule has 6 heteroatoms. The standard InChI is InChI=1S/C6H10O3.C5H11NO2/c1-3-4(2)5(7)6(8)9;1-3(2)4(6)5(7)8/h4H,3H2,1-2H3,(H,8,9);3-4H,6H2,1-2H3,(H,7,8)/t;4-/m.0/s1. The van der Waals surface area contributed by atoms with Crippen LogP contribution >= 0.6 is 0 Å². The highest BCUT2D eigenvalue weighted by Gasteiger charge is 2.17. The summed E-state index contributed by atoms with van der Waals surface area (Å²) in [6, 6.07) is -0.713. The molecule has 0 aromatic rings. The largest absolute Gasteiger partial charge is 0.480 e. The molecule has 0 aliphatic carbocycles. The van der Waals surface area contributed by atoms with Gasteiger partial charge in [-0.2, -0.15) is 0 Å². The molecule has 1 unspecified atom stereocenters. The van der Waals surface area contributed by atoms with Crippen LogP contribution in [0.1, 0.15) is 34.1 Å². The number of carbonyl (C=O) groups is 3. The van der Waals surface area contributed by atoms with Crippen molar-refractivity contribution in [3.05, 3.63) is 0 Å². The summed E-state index contributed by atoms with van der Waals surface area (Å²) in [6.45, 7) is 6.94. The number of nitrogens with two attached hydrogens (primary N) is 1. The molecule has 0 bridgehead atoms. The molecular formula is C11H21NO5. The summed E-state index contributed by atoms with van der Waals surface area (Å²) >= 11 is 0. The Bertz CT molecular complexity index is 275. The Hall–Kier alpha value is -1.43. The minimum atomic E-state index is -1.33. The van der Waals surface area contributed by atoms with Crippen molar-refractivity contribution in [3.8, 4) is 0 Å². The van der Waals surface area contributed by atoms with Crippen molar-refractivity contribution in [1.82, 2.24) is 0 Å². The topological polar surface area (TPSA) is 118 Å². The van der Waals surface area contributed by atoms with Gasteiger partial charge in [0.1, 0.15) is 6.04 Å². The Morgan fingerprint density at radius 1 is 1.12 bits per heavy atom. The van der Waals surface area contributed by atoms with E-state index in [2.05, 4.69) is 0 Å². The second-order valence-electron chi connectivity index (χ2n) is 4.09. The first-order chi connectivity index (χ1) is 7.64. The third-order valence-corrected chi connectivity index (χ3v) is 2.27. The molecule has 0 radical (unpaired) electrons. The fourth-order valence-electron chi connectivity index (χ4n) is 0.681. The average molecular weight is 247 g/mol. The molecule has 0 aliphatic heterocycles. The number of hydrogen-bond acceptors (Lipinski definition) is 4. The average Bonchev–Trinajstić information content (AvgIpc) is 2.26. The molecule has 0 aromatic carbocycles. The monoisotopic (exact) mass is 247 g/mol. The van der Waals surface area contributed by atoms with Crippen LogP contribution in [0.2, 0.25) is 0 Å². The van der Waals surface area contributed by atoms with Crippen LogP contribution < -0.4 is 5.73 Å². The molecule has 2 atom stereocenters. The van der Waals surface area contributed by atoms with E-state index in [9.17, 15) is 14.4 Å². The molecule has 100 valence electrons. The lowest BCUT2D eigenvalue weighted by Crippen LogP contribution is -2.34. The van der Waals surface area contributed by atoms with E-state index in [1.54, 1.807) is 27.7 Å². The number of aliphatic carboxylic acids is 2. The Labute approximate surface area is 101 Å². The lowest BCUT2D eigenvalue weighted by Gasteiger charge is -2.07. The van der Waals surface area contributed by atoms with Crippen LogP contribution in [0.4, 0.5) is 0 Å². The highest BCUT2D eigenvalue weighted by atomic mass is 16.4. The maximum absolute atomic E-state index is 10.5. The minimum absolute atomic E-state index is 0.0208. The second-order valence-corrected chi connectivity index (χ2v) is 4.09. The summed E-state index contributed by atoms with van der Waals surface area (Å²) in [5.74, 6) is -3.28. The number of rotatable bonds is 5.